The van der Waals surface area contributed by atoms with Crippen molar-refractivity contribution >= 4 is 18.1 Å². The first-order valence-electron chi connectivity index (χ1n) is 5.20. The van der Waals surface area contributed by atoms with Crippen LogP contribution < -0.4 is 0 Å². The highest BCUT2D eigenvalue weighted by Crippen LogP contribution is 2.14. The molecule has 86 valence electrons. The Morgan fingerprint density at radius 2 is 2.00 bits per heavy atom. The van der Waals surface area contributed by atoms with Crippen molar-refractivity contribution in [3.05, 3.63) is 59.5 Å². The lowest BCUT2D eigenvalue weighted by atomic mass is 10.1. The van der Waals surface area contributed by atoms with E-state index in [1.165, 1.54) is 7.11 Å². The van der Waals surface area contributed by atoms with Crippen molar-refractivity contribution in [2.45, 2.75) is 0 Å². The van der Waals surface area contributed by atoms with Gasteiger partial charge in [-0.05, 0) is 29.8 Å². The van der Waals surface area contributed by atoms with Gasteiger partial charge >= 0.3 is 5.97 Å². The lowest BCUT2D eigenvalue weighted by Crippen LogP contribution is -2.02. The van der Waals surface area contributed by atoms with Crippen LogP contribution in [0.2, 0.25) is 0 Å². The first-order chi connectivity index (χ1) is 8.31. The van der Waals surface area contributed by atoms with Crippen LogP contribution in [0.15, 0.2) is 47.1 Å². The van der Waals surface area contributed by atoms with E-state index in [9.17, 15) is 4.79 Å². The number of carbonyl (C=O) groups is 1. The molecule has 0 N–H and O–H groups in total. The highest BCUT2D eigenvalue weighted by Gasteiger charge is 2.08. The predicted molar refractivity (Wildman–Crippen MR) is 65.4 cm³/mol. The lowest BCUT2D eigenvalue weighted by Gasteiger charge is -2.02. The van der Waals surface area contributed by atoms with Gasteiger partial charge in [0.15, 0.2) is 0 Å². The lowest BCUT2D eigenvalue weighted by molar-refractivity contribution is 0.0600. The van der Waals surface area contributed by atoms with E-state index in [4.69, 9.17) is 9.15 Å². The minimum absolute atomic E-state index is 0.343. The van der Waals surface area contributed by atoms with E-state index in [1.807, 2.05) is 36.4 Å². The van der Waals surface area contributed by atoms with Crippen molar-refractivity contribution in [1.82, 2.24) is 0 Å². The van der Waals surface area contributed by atoms with Crippen LogP contribution in [0.1, 0.15) is 21.7 Å². The standard InChI is InChI=1S/C14H12O3/c1-16-14(15)13-7-3-2-5-11(13)8-9-12-6-4-10-17-12/h2-10H,1H3/b9-8-. The van der Waals surface area contributed by atoms with Gasteiger partial charge in [-0.3, -0.25) is 0 Å². The fourth-order valence-corrected chi connectivity index (χ4v) is 1.50. The van der Waals surface area contributed by atoms with Crippen molar-refractivity contribution in [2.24, 2.45) is 0 Å². The number of furan rings is 1. The molecule has 0 aliphatic heterocycles. The molecule has 0 saturated carbocycles. The second-order valence-corrected chi connectivity index (χ2v) is 3.43. The maximum Gasteiger partial charge on any atom is 0.338 e. The van der Waals surface area contributed by atoms with Crippen LogP contribution in [-0.2, 0) is 4.74 Å². The maximum atomic E-state index is 11.5. The quantitative estimate of drug-likeness (QED) is 0.757. The monoisotopic (exact) mass is 228 g/mol. The molecule has 1 aromatic carbocycles. The second kappa shape index (κ2) is 5.16. The molecule has 0 saturated heterocycles. The summed E-state index contributed by atoms with van der Waals surface area (Å²) >= 11 is 0. The van der Waals surface area contributed by atoms with E-state index in [1.54, 1.807) is 18.4 Å². The molecule has 17 heavy (non-hydrogen) atoms. The molecule has 0 radical (unpaired) electrons. The highest BCUT2D eigenvalue weighted by atomic mass is 16.5. The minimum Gasteiger partial charge on any atom is -0.465 e. The number of rotatable bonds is 3. The van der Waals surface area contributed by atoms with Crippen LogP contribution in [-0.4, -0.2) is 13.1 Å². The highest BCUT2D eigenvalue weighted by molar-refractivity contribution is 5.94. The Morgan fingerprint density at radius 3 is 2.71 bits per heavy atom. The third-order valence-corrected chi connectivity index (χ3v) is 2.34. The summed E-state index contributed by atoms with van der Waals surface area (Å²) < 4.78 is 9.90. The molecule has 2 aromatic rings. The zero-order chi connectivity index (χ0) is 12.1. The normalized spacial score (nSPS) is 10.6. The van der Waals surface area contributed by atoms with Crippen LogP contribution in [0.25, 0.3) is 12.2 Å². The molecule has 0 aliphatic carbocycles. The molecule has 0 atom stereocenters. The van der Waals surface area contributed by atoms with E-state index < -0.39 is 0 Å². The molecule has 0 amide bonds. The van der Waals surface area contributed by atoms with E-state index in [0.717, 1.165) is 11.3 Å². The first-order valence-corrected chi connectivity index (χ1v) is 5.20. The van der Waals surface area contributed by atoms with Gasteiger partial charge in [0.2, 0.25) is 0 Å². The molecule has 3 heteroatoms. The molecular formula is C14H12O3. The average Bonchev–Trinajstić information content (AvgIpc) is 2.89. The fourth-order valence-electron chi connectivity index (χ4n) is 1.50. The largest absolute Gasteiger partial charge is 0.465 e. The van der Waals surface area contributed by atoms with Crippen molar-refractivity contribution in [3.63, 3.8) is 0 Å². The third kappa shape index (κ3) is 2.64. The average molecular weight is 228 g/mol. The molecule has 3 nitrogen and oxygen atoms in total. The number of benzene rings is 1. The Bertz CT molecular complexity index is 524. The fraction of sp³-hybridized carbons (Fsp3) is 0.0714. The van der Waals surface area contributed by atoms with Gasteiger partial charge in [-0.1, -0.05) is 24.3 Å². The smallest absolute Gasteiger partial charge is 0.338 e. The van der Waals surface area contributed by atoms with Crippen LogP contribution >= 0.6 is 0 Å². The van der Waals surface area contributed by atoms with Gasteiger partial charge in [0.1, 0.15) is 5.76 Å². The minimum atomic E-state index is -0.343. The van der Waals surface area contributed by atoms with Crippen LogP contribution in [0.4, 0.5) is 0 Å². The van der Waals surface area contributed by atoms with E-state index >= 15 is 0 Å². The molecule has 2 rings (SSSR count). The Balaban J connectivity index is 2.29. The molecule has 0 spiro atoms. The number of ether oxygens (including phenoxy) is 1. The summed E-state index contributed by atoms with van der Waals surface area (Å²) in [4.78, 5) is 11.5. The number of hydrogen-bond donors (Lipinski definition) is 0. The van der Waals surface area contributed by atoms with E-state index in [-0.39, 0.29) is 5.97 Å². The van der Waals surface area contributed by atoms with Crippen LogP contribution in [0.5, 0.6) is 0 Å². The number of esters is 1. The summed E-state index contributed by atoms with van der Waals surface area (Å²) in [7, 11) is 1.37. The van der Waals surface area contributed by atoms with Crippen LogP contribution in [0, 0.1) is 0 Å². The Morgan fingerprint density at radius 1 is 1.18 bits per heavy atom. The number of carbonyl (C=O) groups excluding carboxylic acids is 1. The predicted octanol–water partition coefficient (Wildman–Crippen LogP) is 3.24. The Kier molecular flexibility index (Phi) is 3.40. The zero-order valence-corrected chi connectivity index (χ0v) is 9.42. The maximum absolute atomic E-state index is 11.5. The molecule has 1 aromatic heterocycles. The van der Waals surface area contributed by atoms with Gasteiger partial charge in [-0.15, -0.1) is 0 Å². The SMILES string of the molecule is COC(=O)c1ccccc1/C=C\c1ccco1. The third-order valence-electron chi connectivity index (χ3n) is 2.34. The van der Waals surface area contributed by atoms with Gasteiger partial charge < -0.3 is 9.15 Å². The zero-order valence-electron chi connectivity index (χ0n) is 9.42. The van der Waals surface area contributed by atoms with Crippen molar-refractivity contribution in [2.75, 3.05) is 7.11 Å². The van der Waals surface area contributed by atoms with E-state index in [2.05, 4.69) is 0 Å². The number of methoxy groups -OCH3 is 1. The van der Waals surface area contributed by atoms with Crippen LogP contribution in [0.3, 0.4) is 0 Å². The topological polar surface area (TPSA) is 39.4 Å². The summed E-state index contributed by atoms with van der Waals surface area (Å²) in [6.45, 7) is 0. The van der Waals surface area contributed by atoms with Crippen molar-refractivity contribution in [1.29, 1.82) is 0 Å². The first kappa shape index (κ1) is 11.2. The van der Waals surface area contributed by atoms with Gasteiger partial charge in [0, 0.05) is 0 Å². The van der Waals surface area contributed by atoms with Crippen molar-refractivity contribution in [3.8, 4) is 0 Å². The molecule has 0 aliphatic rings. The van der Waals surface area contributed by atoms with Gasteiger partial charge in [-0.25, -0.2) is 4.79 Å². The van der Waals surface area contributed by atoms with E-state index in [0.29, 0.717) is 5.56 Å². The second-order valence-electron chi connectivity index (χ2n) is 3.43. The summed E-state index contributed by atoms with van der Waals surface area (Å²) in [6.07, 6.45) is 5.23. The summed E-state index contributed by atoms with van der Waals surface area (Å²) in [5.74, 6) is 0.398. The Labute approximate surface area is 99.3 Å². The molecule has 1 heterocycles. The van der Waals surface area contributed by atoms with Gasteiger partial charge in [-0.2, -0.15) is 0 Å². The molecular weight excluding hydrogens is 216 g/mol. The molecule has 0 fully saturated rings. The summed E-state index contributed by atoms with van der Waals surface area (Å²) in [5, 5.41) is 0. The molecule has 0 unspecified atom stereocenters. The summed E-state index contributed by atoms with van der Waals surface area (Å²) in [6, 6.07) is 10.9. The van der Waals surface area contributed by atoms with Gasteiger partial charge in [0.25, 0.3) is 0 Å². The summed E-state index contributed by atoms with van der Waals surface area (Å²) in [5.41, 5.74) is 1.34. The van der Waals surface area contributed by atoms with Gasteiger partial charge in [0.05, 0.1) is 18.9 Å². The Hall–Kier alpha value is -2.29. The van der Waals surface area contributed by atoms with Crippen molar-refractivity contribution < 1.29 is 13.9 Å². The number of hydrogen-bond acceptors (Lipinski definition) is 3. The molecule has 0 bridgehead atoms.